The Balaban J connectivity index is 1.96. The van der Waals surface area contributed by atoms with E-state index in [0.29, 0.717) is 11.1 Å². The number of carbonyl (C=O) groups is 1. The second kappa shape index (κ2) is 4.64. The van der Waals surface area contributed by atoms with Gasteiger partial charge in [-0.15, -0.1) is 0 Å². The number of ketones is 1. The van der Waals surface area contributed by atoms with Crippen molar-refractivity contribution >= 4 is 11.9 Å². The van der Waals surface area contributed by atoms with Crippen LogP contribution in [0.1, 0.15) is 35.3 Å². The average molecular weight is 264 g/mol. The predicted octanol–water partition coefficient (Wildman–Crippen LogP) is 4.10. The molecule has 0 radical (unpaired) electrons. The van der Waals surface area contributed by atoms with Crippen LogP contribution in [0.2, 0.25) is 0 Å². The number of rotatable bonds is 2. The molecular weight excluding hydrogens is 248 g/mol. The summed E-state index contributed by atoms with van der Waals surface area (Å²) in [6.45, 7) is 4.02. The Morgan fingerprint density at radius 3 is 2.50 bits per heavy atom. The molecule has 0 N–H and O–H groups in total. The molecule has 0 amide bonds. The van der Waals surface area contributed by atoms with Crippen LogP contribution in [0.15, 0.2) is 54.6 Å². The quantitative estimate of drug-likeness (QED) is 0.763. The SMILES string of the molecule is CC1(C)C=Cc2cc(C(=O)c3ccccc3)ccc2O1. The summed E-state index contributed by atoms with van der Waals surface area (Å²) in [4.78, 5) is 12.4. The Kier molecular flexibility index (Phi) is 2.94. The van der Waals surface area contributed by atoms with Gasteiger partial charge in [0.05, 0.1) is 0 Å². The summed E-state index contributed by atoms with van der Waals surface area (Å²) < 4.78 is 5.86. The Morgan fingerprint density at radius 2 is 1.75 bits per heavy atom. The molecule has 1 heterocycles. The smallest absolute Gasteiger partial charge is 0.193 e. The first-order valence-electron chi connectivity index (χ1n) is 6.67. The molecule has 0 unspecified atom stereocenters. The lowest BCUT2D eigenvalue weighted by atomic mass is 9.97. The molecule has 0 saturated carbocycles. The monoisotopic (exact) mass is 264 g/mol. The molecule has 2 nitrogen and oxygen atoms in total. The van der Waals surface area contributed by atoms with Gasteiger partial charge in [-0.3, -0.25) is 4.79 Å². The van der Waals surface area contributed by atoms with Crippen molar-refractivity contribution in [3.05, 3.63) is 71.3 Å². The zero-order valence-electron chi connectivity index (χ0n) is 11.6. The van der Waals surface area contributed by atoms with Gasteiger partial charge in [0.25, 0.3) is 0 Å². The van der Waals surface area contributed by atoms with Gasteiger partial charge in [-0.1, -0.05) is 36.4 Å². The summed E-state index contributed by atoms with van der Waals surface area (Å²) in [5.41, 5.74) is 2.04. The van der Waals surface area contributed by atoms with Gasteiger partial charge < -0.3 is 4.74 Å². The molecule has 100 valence electrons. The molecular formula is C18H16O2. The lowest BCUT2D eigenvalue weighted by Crippen LogP contribution is -2.27. The molecule has 0 spiro atoms. The normalized spacial score (nSPS) is 15.3. The van der Waals surface area contributed by atoms with Crippen LogP contribution in [0.25, 0.3) is 6.08 Å². The van der Waals surface area contributed by atoms with Crippen molar-refractivity contribution in [2.45, 2.75) is 19.4 Å². The molecule has 1 aliphatic rings. The molecule has 2 heteroatoms. The third-order valence-electron chi connectivity index (χ3n) is 3.35. The Labute approximate surface area is 118 Å². The second-order valence-corrected chi connectivity index (χ2v) is 5.49. The van der Waals surface area contributed by atoms with Gasteiger partial charge in [-0.25, -0.2) is 0 Å². The lowest BCUT2D eigenvalue weighted by Gasteiger charge is -2.27. The number of fused-ring (bicyclic) bond motifs is 1. The van der Waals surface area contributed by atoms with E-state index in [1.165, 1.54) is 0 Å². The van der Waals surface area contributed by atoms with Gasteiger partial charge in [-0.2, -0.15) is 0 Å². The van der Waals surface area contributed by atoms with Crippen molar-refractivity contribution in [2.75, 3.05) is 0 Å². The van der Waals surface area contributed by atoms with Crippen LogP contribution in [0.4, 0.5) is 0 Å². The van der Waals surface area contributed by atoms with Crippen LogP contribution in [0, 0.1) is 0 Å². The molecule has 0 aliphatic carbocycles. The zero-order valence-corrected chi connectivity index (χ0v) is 11.6. The molecule has 2 aromatic rings. The minimum atomic E-state index is -0.294. The van der Waals surface area contributed by atoms with Gasteiger partial charge in [0, 0.05) is 16.7 Å². The largest absolute Gasteiger partial charge is 0.483 e. The van der Waals surface area contributed by atoms with Crippen molar-refractivity contribution in [2.24, 2.45) is 0 Å². The molecule has 0 bridgehead atoms. The molecule has 20 heavy (non-hydrogen) atoms. The molecule has 0 atom stereocenters. The van der Waals surface area contributed by atoms with Gasteiger partial charge in [-0.05, 0) is 38.1 Å². The molecule has 2 aromatic carbocycles. The predicted molar refractivity (Wildman–Crippen MR) is 80.1 cm³/mol. The summed E-state index contributed by atoms with van der Waals surface area (Å²) in [6.07, 6.45) is 4.02. The van der Waals surface area contributed by atoms with Crippen molar-refractivity contribution in [3.63, 3.8) is 0 Å². The lowest BCUT2D eigenvalue weighted by molar-refractivity contribution is 0.103. The van der Waals surface area contributed by atoms with Gasteiger partial charge in [0.1, 0.15) is 11.4 Å². The van der Waals surface area contributed by atoms with Crippen LogP contribution >= 0.6 is 0 Å². The minimum absolute atomic E-state index is 0.0339. The highest BCUT2D eigenvalue weighted by Gasteiger charge is 2.22. The number of ether oxygens (including phenoxy) is 1. The summed E-state index contributed by atoms with van der Waals surface area (Å²) in [7, 11) is 0. The topological polar surface area (TPSA) is 26.3 Å². The van der Waals surface area contributed by atoms with Crippen LogP contribution < -0.4 is 4.74 Å². The molecule has 0 saturated heterocycles. The molecule has 0 fully saturated rings. The molecule has 0 aromatic heterocycles. The first-order valence-corrected chi connectivity index (χ1v) is 6.67. The summed E-state index contributed by atoms with van der Waals surface area (Å²) >= 11 is 0. The van der Waals surface area contributed by atoms with E-state index in [4.69, 9.17) is 4.74 Å². The molecule has 3 rings (SSSR count). The van der Waals surface area contributed by atoms with E-state index >= 15 is 0 Å². The van der Waals surface area contributed by atoms with E-state index in [-0.39, 0.29) is 11.4 Å². The fourth-order valence-electron chi connectivity index (χ4n) is 2.28. The van der Waals surface area contributed by atoms with E-state index in [1.807, 2.05) is 74.5 Å². The average Bonchev–Trinajstić information content (AvgIpc) is 2.46. The van der Waals surface area contributed by atoms with Crippen molar-refractivity contribution in [1.29, 1.82) is 0 Å². The van der Waals surface area contributed by atoms with Crippen molar-refractivity contribution in [3.8, 4) is 5.75 Å². The number of carbonyl (C=O) groups excluding carboxylic acids is 1. The third kappa shape index (κ3) is 2.37. The van der Waals surface area contributed by atoms with Crippen LogP contribution in [-0.2, 0) is 0 Å². The maximum atomic E-state index is 12.4. The van der Waals surface area contributed by atoms with Gasteiger partial charge in [0.15, 0.2) is 5.78 Å². The second-order valence-electron chi connectivity index (χ2n) is 5.49. The molecule has 1 aliphatic heterocycles. The van der Waals surface area contributed by atoms with E-state index in [0.717, 1.165) is 11.3 Å². The summed E-state index contributed by atoms with van der Waals surface area (Å²) in [5, 5.41) is 0. The first-order chi connectivity index (χ1) is 9.55. The summed E-state index contributed by atoms with van der Waals surface area (Å²) in [5.74, 6) is 0.855. The maximum Gasteiger partial charge on any atom is 0.193 e. The Hall–Kier alpha value is -2.35. The van der Waals surface area contributed by atoms with E-state index in [1.54, 1.807) is 0 Å². The highest BCUT2D eigenvalue weighted by atomic mass is 16.5. The highest BCUT2D eigenvalue weighted by Crippen LogP contribution is 2.31. The Bertz CT molecular complexity index is 682. The number of hydrogen-bond acceptors (Lipinski definition) is 2. The first kappa shape index (κ1) is 12.7. The summed E-state index contributed by atoms with van der Waals surface area (Å²) in [6, 6.07) is 14.9. The van der Waals surface area contributed by atoms with E-state index < -0.39 is 0 Å². The maximum absolute atomic E-state index is 12.4. The zero-order chi connectivity index (χ0) is 14.2. The fourth-order valence-corrected chi connectivity index (χ4v) is 2.28. The van der Waals surface area contributed by atoms with Crippen LogP contribution in [-0.4, -0.2) is 11.4 Å². The van der Waals surface area contributed by atoms with Crippen LogP contribution in [0.3, 0.4) is 0 Å². The number of hydrogen-bond donors (Lipinski definition) is 0. The van der Waals surface area contributed by atoms with Crippen molar-refractivity contribution < 1.29 is 9.53 Å². The fraction of sp³-hybridized carbons (Fsp3) is 0.167. The van der Waals surface area contributed by atoms with Gasteiger partial charge in [0.2, 0.25) is 0 Å². The Morgan fingerprint density at radius 1 is 1.00 bits per heavy atom. The minimum Gasteiger partial charge on any atom is -0.483 e. The van der Waals surface area contributed by atoms with E-state index in [2.05, 4.69) is 0 Å². The third-order valence-corrected chi connectivity index (χ3v) is 3.35. The standard InChI is InChI=1S/C18H16O2/c1-18(2)11-10-14-12-15(8-9-16(14)20-18)17(19)13-6-4-3-5-7-13/h3-12H,1-2H3. The van der Waals surface area contributed by atoms with Crippen molar-refractivity contribution in [1.82, 2.24) is 0 Å². The number of benzene rings is 2. The van der Waals surface area contributed by atoms with E-state index in [9.17, 15) is 4.79 Å². The van der Waals surface area contributed by atoms with Crippen LogP contribution in [0.5, 0.6) is 5.75 Å². The highest BCUT2D eigenvalue weighted by molar-refractivity contribution is 6.09. The van der Waals surface area contributed by atoms with Gasteiger partial charge >= 0.3 is 0 Å².